The average molecular weight is 343 g/mol. The smallest absolute Gasteiger partial charge is 0.258 e. The van der Waals surface area contributed by atoms with Crippen molar-refractivity contribution in [3.63, 3.8) is 0 Å². The Balaban J connectivity index is 1.72. The second-order valence-corrected chi connectivity index (χ2v) is 5.69. The van der Waals surface area contributed by atoms with Crippen LogP contribution >= 0.6 is 0 Å². The Morgan fingerprint density at radius 1 is 1.24 bits per heavy atom. The molecule has 0 bridgehead atoms. The molecule has 0 fully saturated rings. The largest absolute Gasteiger partial charge is 0.493 e. The van der Waals surface area contributed by atoms with Crippen LogP contribution in [0.5, 0.6) is 11.5 Å². The number of aromatic amines is 1. The summed E-state index contributed by atoms with van der Waals surface area (Å²) in [5.41, 5.74) is 1.50. The summed E-state index contributed by atoms with van der Waals surface area (Å²) in [4.78, 5) is 19.6. The molecule has 3 aromatic rings. The van der Waals surface area contributed by atoms with E-state index in [-0.39, 0.29) is 5.56 Å². The zero-order valence-electron chi connectivity index (χ0n) is 14.5. The van der Waals surface area contributed by atoms with Crippen LogP contribution in [0.25, 0.3) is 10.9 Å². The lowest BCUT2D eigenvalue weighted by molar-refractivity contribution is 0.355. The van der Waals surface area contributed by atoms with Crippen LogP contribution in [0, 0.1) is 6.92 Å². The van der Waals surface area contributed by atoms with Crippen LogP contribution in [0.1, 0.15) is 11.4 Å². The first-order valence-corrected chi connectivity index (χ1v) is 7.95. The van der Waals surface area contributed by atoms with Crippen LogP contribution in [-0.2, 0) is 13.1 Å². The van der Waals surface area contributed by atoms with Crippen LogP contribution < -0.4 is 20.3 Å². The number of methoxy groups -OCH3 is 2. The van der Waals surface area contributed by atoms with Gasteiger partial charge in [-0.05, 0) is 18.6 Å². The first-order chi connectivity index (χ1) is 12.1. The van der Waals surface area contributed by atoms with E-state index in [1.54, 1.807) is 19.2 Å². The predicted molar refractivity (Wildman–Crippen MR) is 94.1 cm³/mol. The number of aromatic nitrogens is 4. The topological polar surface area (TPSA) is 94.1 Å². The van der Waals surface area contributed by atoms with Crippen molar-refractivity contribution in [1.29, 1.82) is 0 Å². The van der Waals surface area contributed by atoms with Crippen LogP contribution in [0.15, 0.2) is 29.3 Å². The zero-order valence-corrected chi connectivity index (χ0v) is 14.5. The van der Waals surface area contributed by atoms with Gasteiger partial charge in [0.1, 0.15) is 5.82 Å². The van der Waals surface area contributed by atoms with Gasteiger partial charge in [-0.15, -0.1) is 0 Å². The van der Waals surface area contributed by atoms with E-state index < -0.39 is 0 Å². The van der Waals surface area contributed by atoms with E-state index in [1.165, 1.54) is 7.11 Å². The van der Waals surface area contributed by atoms with Gasteiger partial charge in [0.25, 0.3) is 5.56 Å². The van der Waals surface area contributed by atoms with Crippen molar-refractivity contribution in [2.45, 2.75) is 20.0 Å². The van der Waals surface area contributed by atoms with Crippen molar-refractivity contribution in [3.05, 3.63) is 46.3 Å². The van der Waals surface area contributed by atoms with E-state index in [9.17, 15) is 4.79 Å². The van der Waals surface area contributed by atoms with Gasteiger partial charge in [-0.25, -0.2) is 4.98 Å². The molecule has 8 heteroatoms. The molecule has 0 unspecified atom stereocenters. The van der Waals surface area contributed by atoms with Gasteiger partial charge in [0.05, 0.1) is 44.4 Å². The van der Waals surface area contributed by atoms with Gasteiger partial charge in [0.15, 0.2) is 11.5 Å². The molecular weight excluding hydrogens is 322 g/mol. The molecule has 0 aliphatic heterocycles. The number of hydrogen-bond donors (Lipinski definition) is 2. The maximum absolute atomic E-state index is 12.3. The van der Waals surface area contributed by atoms with Gasteiger partial charge < -0.3 is 19.8 Å². The van der Waals surface area contributed by atoms with Crippen molar-refractivity contribution in [3.8, 4) is 11.5 Å². The van der Waals surface area contributed by atoms with E-state index in [0.29, 0.717) is 34.8 Å². The van der Waals surface area contributed by atoms with E-state index in [2.05, 4.69) is 20.4 Å². The lowest BCUT2D eigenvalue weighted by Gasteiger charge is -2.10. The Hall–Kier alpha value is -2.87. The first-order valence-electron chi connectivity index (χ1n) is 7.95. The molecule has 0 radical (unpaired) electrons. The molecule has 1 aromatic carbocycles. The lowest BCUT2D eigenvalue weighted by Crippen LogP contribution is -2.23. The third kappa shape index (κ3) is 3.80. The minimum atomic E-state index is -0.203. The number of fused-ring (bicyclic) bond motifs is 1. The van der Waals surface area contributed by atoms with Gasteiger partial charge in [-0.1, -0.05) is 0 Å². The van der Waals surface area contributed by atoms with Crippen molar-refractivity contribution < 1.29 is 9.47 Å². The molecule has 0 atom stereocenters. The number of nitrogens with one attached hydrogen (secondary N) is 2. The summed E-state index contributed by atoms with van der Waals surface area (Å²) >= 11 is 0. The Labute approximate surface area is 144 Å². The number of hydrogen-bond acceptors (Lipinski definition) is 6. The standard InChI is InChI=1S/C17H21N5O3/c1-11-8-19-22(10-11)5-4-18-9-16-20-13-7-15(25-3)14(24-2)6-12(13)17(23)21-16/h6-8,10,18H,4-5,9H2,1-3H3,(H,20,21,23). The highest BCUT2D eigenvalue weighted by molar-refractivity contribution is 5.81. The number of benzene rings is 1. The maximum Gasteiger partial charge on any atom is 0.258 e. The maximum atomic E-state index is 12.3. The minimum Gasteiger partial charge on any atom is -0.493 e. The minimum absolute atomic E-state index is 0.203. The van der Waals surface area contributed by atoms with Crippen LogP contribution in [0.4, 0.5) is 0 Å². The molecule has 2 heterocycles. The fourth-order valence-electron chi connectivity index (χ4n) is 2.59. The Morgan fingerprint density at radius 3 is 2.68 bits per heavy atom. The third-order valence-corrected chi connectivity index (χ3v) is 3.83. The highest BCUT2D eigenvalue weighted by Crippen LogP contribution is 2.29. The molecule has 0 aliphatic rings. The fraction of sp³-hybridized carbons (Fsp3) is 0.353. The monoisotopic (exact) mass is 343 g/mol. The summed E-state index contributed by atoms with van der Waals surface area (Å²) in [6.45, 7) is 3.93. The summed E-state index contributed by atoms with van der Waals surface area (Å²) in [7, 11) is 3.08. The second kappa shape index (κ2) is 7.35. The number of ether oxygens (including phenoxy) is 2. The Bertz CT molecular complexity index is 932. The fourth-order valence-corrected chi connectivity index (χ4v) is 2.59. The first kappa shape index (κ1) is 17.0. The molecule has 0 saturated carbocycles. The molecule has 132 valence electrons. The third-order valence-electron chi connectivity index (χ3n) is 3.83. The lowest BCUT2D eigenvalue weighted by atomic mass is 10.2. The number of aryl methyl sites for hydroxylation is 1. The van der Waals surface area contributed by atoms with Crippen molar-refractivity contribution in [2.24, 2.45) is 0 Å². The Kier molecular flexibility index (Phi) is 4.99. The molecule has 3 rings (SSSR count). The molecule has 0 spiro atoms. The summed E-state index contributed by atoms with van der Waals surface area (Å²) in [5, 5.41) is 7.95. The molecule has 8 nitrogen and oxygen atoms in total. The number of H-pyrrole nitrogens is 1. The van der Waals surface area contributed by atoms with Gasteiger partial charge in [-0.3, -0.25) is 9.48 Å². The highest BCUT2D eigenvalue weighted by Gasteiger charge is 2.10. The summed E-state index contributed by atoms with van der Waals surface area (Å²) < 4.78 is 12.4. The zero-order chi connectivity index (χ0) is 17.8. The second-order valence-electron chi connectivity index (χ2n) is 5.69. The molecule has 2 aromatic heterocycles. The number of nitrogens with zero attached hydrogens (tertiary/aromatic N) is 3. The van der Waals surface area contributed by atoms with Crippen molar-refractivity contribution in [2.75, 3.05) is 20.8 Å². The Morgan fingerprint density at radius 2 is 2.00 bits per heavy atom. The summed E-state index contributed by atoms with van der Waals surface area (Å²) in [5.74, 6) is 1.62. The predicted octanol–water partition coefficient (Wildman–Crippen LogP) is 1.24. The number of rotatable bonds is 7. The SMILES string of the molecule is COc1cc2nc(CNCCn3cc(C)cn3)[nH]c(=O)c2cc1OC. The van der Waals surface area contributed by atoms with E-state index in [4.69, 9.17) is 9.47 Å². The summed E-state index contributed by atoms with van der Waals surface area (Å²) in [6, 6.07) is 3.34. The molecule has 0 aliphatic carbocycles. The van der Waals surface area contributed by atoms with E-state index in [0.717, 1.165) is 18.7 Å². The molecule has 0 amide bonds. The van der Waals surface area contributed by atoms with Gasteiger partial charge in [-0.2, -0.15) is 5.10 Å². The van der Waals surface area contributed by atoms with Gasteiger partial charge >= 0.3 is 0 Å². The average Bonchev–Trinajstić information content (AvgIpc) is 3.03. The van der Waals surface area contributed by atoms with Gasteiger partial charge in [0, 0.05) is 18.8 Å². The van der Waals surface area contributed by atoms with Crippen LogP contribution in [0.2, 0.25) is 0 Å². The normalized spacial score (nSPS) is 11.0. The van der Waals surface area contributed by atoms with E-state index in [1.807, 2.05) is 24.0 Å². The summed E-state index contributed by atoms with van der Waals surface area (Å²) in [6.07, 6.45) is 3.81. The van der Waals surface area contributed by atoms with Gasteiger partial charge in [0.2, 0.25) is 0 Å². The molecular formula is C17H21N5O3. The molecule has 2 N–H and O–H groups in total. The van der Waals surface area contributed by atoms with Crippen LogP contribution in [0.3, 0.4) is 0 Å². The quantitative estimate of drug-likeness (QED) is 0.627. The van der Waals surface area contributed by atoms with Crippen molar-refractivity contribution >= 4 is 10.9 Å². The molecule has 25 heavy (non-hydrogen) atoms. The van der Waals surface area contributed by atoms with Crippen LogP contribution in [-0.4, -0.2) is 40.5 Å². The van der Waals surface area contributed by atoms with E-state index >= 15 is 0 Å². The highest BCUT2D eigenvalue weighted by atomic mass is 16.5. The molecule has 0 saturated heterocycles. The van der Waals surface area contributed by atoms with Crippen molar-refractivity contribution in [1.82, 2.24) is 25.1 Å².